The highest BCUT2D eigenvalue weighted by molar-refractivity contribution is 5.94. The fourth-order valence-corrected chi connectivity index (χ4v) is 1.93. The minimum Gasteiger partial charge on any atom is -0.465 e. The molecule has 0 saturated heterocycles. The van der Waals surface area contributed by atoms with Gasteiger partial charge in [-0.1, -0.05) is 12.1 Å². The molecule has 0 heterocycles. The molecule has 1 rings (SSSR count). The molecule has 0 radical (unpaired) electrons. The maximum absolute atomic E-state index is 11.8. The highest BCUT2D eigenvalue weighted by Crippen LogP contribution is 2.13. The molecule has 1 aromatic carbocycles. The maximum Gasteiger partial charge on any atom is 0.320 e. The first-order valence-corrected chi connectivity index (χ1v) is 7.22. The van der Waals surface area contributed by atoms with Crippen LogP contribution in [-0.4, -0.2) is 31.7 Å². The Morgan fingerprint density at radius 2 is 1.76 bits per heavy atom. The topological polar surface area (TPSA) is 64.6 Å². The normalized spacial score (nSPS) is 10.3. The van der Waals surface area contributed by atoms with Crippen LogP contribution >= 0.6 is 0 Å². The Labute approximate surface area is 125 Å². The zero-order valence-electron chi connectivity index (χ0n) is 12.8. The number of hydrogen-bond donors (Lipinski definition) is 1. The van der Waals surface area contributed by atoms with E-state index in [4.69, 9.17) is 9.47 Å². The lowest BCUT2D eigenvalue weighted by Gasteiger charge is -2.15. The summed E-state index contributed by atoms with van der Waals surface area (Å²) in [5, 5.41) is 3.19. The van der Waals surface area contributed by atoms with Gasteiger partial charge in [-0.05, 0) is 44.9 Å². The van der Waals surface area contributed by atoms with Gasteiger partial charge in [-0.3, -0.25) is 9.59 Å². The van der Waals surface area contributed by atoms with E-state index in [2.05, 4.69) is 5.32 Å². The van der Waals surface area contributed by atoms with Crippen molar-refractivity contribution in [3.05, 3.63) is 29.8 Å². The Bertz CT molecular complexity index is 455. The molecule has 0 amide bonds. The fourth-order valence-electron chi connectivity index (χ4n) is 1.93. The van der Waals surface area contributed by atoms with Gasteiger partial charge in [0.2, 0.25) is 0 Å². The lowest BCUT2D eigenvalue weighted by atomic mass is 10.1. The van der Waals surface area contributed by atoms with Gasteiger partial charge in [-0.15, -0.1) is 0 Å². The molecule has 1 N–H and O–H groups in total. The van der Waals surface area contributed by atoms with Gasteiger partial charge >= 0.3 is 11.9 Å². The zero-order chi connectivity index (χ0) is 15.7. The summed E-state index contributed by atoms with van der Waals surface area (Å²) >= 11 is 0. The number of ether oxygens (including phenoxy) is 2. The van der Waals surface area contributed by atoms with Crippen molar-refractivity contribution in [2.75, 3.05) is 25.1 Å². The molecule has 0 aliphatic heterocycles. The van der Waals surface area contributed by atoms with Crippen molar-refractivity contribution in [2.24, 2.45) is 5.92 Å². The van der Waals surface area contributed by atoms with E-state index in [1.54, 1.807) is 13.8 Å². The van der Waals surface area contributed by atoms with Crippen molar-refractivity contribution in [1.29, 1.82) is 0 Å². The van der Waals surface area contributed by atoms with Gasteiger partial charge in [-0.25, -0.2) is 0 Å². The number of nitrogens with one attached hydrogen (secondary N) is 1. The Morgan fingerprint density at radius 3 is 2.29 bits per heavy atom. The highest BCUT2D eigenvalue weighted by atomic mass is 16.6. The second-order valence-electron chi connectivity index (χ2n) is 4.64. The van der Waals surface area contributed by atoms with Crippen LogP contribution in [0.1, 0.15) is 25.8 Å². The standard InChI is InChI=1S/C16H23NO4/c1-4-20-15(18)14(16(19)21-5-2)9-10-17-13-8-6-7-12(3)11-13/h6-8,11,14,17H,4-5,9-10H2,1-3H3. The van der Waals surface area contributed by atoms with Gasteiger partial charge in [0.1, 0.15) is 0 Å². The van der Waals surface area contributed by atoms with Crippen molar-refractivity contribution in [3.63, 3.8) is 0 Å². The van der Waals surface area contributed by atoms with Crippen molar-refractivity contribution >= 4 is 17.6 Å². The molecule has 0 bridgehead atoms. The molecule has 116 valence electrons. The third kappa shape index (κ3) is 5.85. The average molecular weight is 293 g/mol. The van der Waals surface area contributed by atoms with Crippen molar-refractivity contribution in [3.8, 4) is 0 Å². The summed E-state index contributed by atoms with van der Waals surface area (Å²) in [5.74, 6) is -1.92. The lowest BCUT2D eigenvalue weighted by Crippen LogP contribution is -2.30. The van der Waals surface area contributed by atoms with E-state index in [1.807, 2.05) is 31.2 Å². The predicted molar refractivity (Wildman–Crippen MR) is 81.0 cm³/mol. The molecule has 1 aromatic rings. The molecular formula is C16H23NO4. The van der Waals surface area contributed by atoms with Crippen LogP contribution in [0.4, 0.5) is 5.69 Å². The van der Waals surface area contributed by atoms with Crippen LogP contribution in [0.5, 0.6) is 0 Å². The number of benzene rings is 1. The molecule has 0 aromatic heterocycles. The Balaban J connectivity index is 2.56. The number of hydrogen-bond acceptors (Lipinski definition) is 5. The molecule has 0 spiro atoms. The minimum absolute atomic E-state index is 0.250. The number of aryl methyl sites for hydroxylation is 1. The summed E-state index contributed by atoms with van der Waals surface area (Å²) in [6, 6.07) is 7.90. The molecule has 21 heavy (non-hydrogen) atoms. The van der Waals surface area contributed by atoms with E-state index in [-0.39, 0.29) is 13.2 Å². The number of anilines is 1. The predicted octanol–water partition coefficient (Wildman–Crippen LogP) is 2.54. The van der Waals surface area contributed by atoms with Crippen molar-refractivity contribution < 1.29 is 19.1 Å². The maximum atomic E-state index is 11.8. The molecular weight excluding hydrogens is 270 g/mol. The number of esters is 2. The van der Waals surface area contributed by atoms with Gasteiger partial charge < -0.3 is 14.8 Å². The van der Waals surface area contributed by atoms with Crippen LogP contribution in [0.3, 0.4) is 0 Å². The smallest absolute Gasteiger partial charge is 0.320 e. The monoisotopic (exact) mass is 293 g/mol. The quantitative estimate of drug-likeness (QED) is 0.589. The number of rotatable bonds is 8. The lowest BCUT2D eigenvalue weighted by molar-refractivity contribution is -0.161. The summed E-state index contributed by atoms with van der Waals surface area (Å²) in [4.78, 5) is 23.6. The van der Waals surface area contributed by atoms with E-state index in [1.165, 1.54) is 0 Å². The first-order chi connectivity index (χ1) is 10.1. The van der Waals surface area contributed by atoms with Crippen LogP contribution in [-0.2, 0) is 19.1 Å². The molecule has 5 nitrogen and oxygen atoms in total. The third-order valence-electron chi connectivity index (χ3n) is 2.92. The zero-order valence-corrected chi connectivity index (χ0v) is 12.8. The van der Waals surface area contributed by atoms with Gasteiger partial charge in [0.15, 0.2) is 5.92 Å². The van der Waals surface area contributed by atoms with Crippen molar-refractivity contribution in [2.45, 2.75) is 27.2 Å². The summed E-state index contributed by atoms with van der Waals surface area (Å²) in [6.45, 7) is 6.42. The number of carbonyl (C=O) groups is 2. The van der Waals surface area contributed by atoms with E-state index in [0.717, 1.165) is 11.3 Å². The molecule has 0 aliphatic rings. The van der Waals surface area contributed by atoms with E-state index >= 15 is 0 Å². The largest absolute Gasteiger partial charge is 0.465 e. The SMILES string of the molecule is CCOC(=O)C(CCNc1cccc(C)c1)C(=O)OCC. The summed E-state index contributed by atoms with van der Waals surface area (Å²) in [6.07, 6.45) is 0.339. The highest BCUT2D eigenvalue weighted by Gasteiger charge is 2.28. The van der Waals surface area contributed by atoms with E-state index in [9.17, 15) is 9.59 Å². The second-order valence-corrected chi connectivity index (χ2v) is 4.64. The average Bonchev–Trinajstić information content (AvgIpc) is 2.44. The molecule has 0 fully saturated rings. The molecule has 5 heteroatoms. The van der Waals surface area contributed by atoms with Gasteiger partial charge in [0.05, 0.1) is 13.2 Å². The van der Waals surface area contributed by atoms with Gasteiger partial charge in [-0.2, -0.15) is 0 Å². The molecule has 0 aliphatic carbocycles. The first-order valence-electron chi connectivity index (χ1n) is 7.22. The second kappa shape index (κ2) is 9.00. The Morgan fingerprint density at radius 1 is 1.14 bits per heavy atom. The minimum atomic E-state index is -0.873. The van der Waals surface area contributed by atoms with Gasteiger partial charge in [0, 0.05) is 12.2 Å². The van der Waals surface area contributed by atoms with Crippen LogP contribution in [0, 0.1) is 12.8 Å². The molecule has 0 unspecified atom stereocenters. The Kier molecular flexibility index (Phi) is 7.29. The fraction of sp³-hybridized carbons (Fsp3) is 0.500. The van der Waals surface area contributed by atoms with Crippen LogP contribution in [0.15, 0.2) is 24.3 Å². The Hall–Kier alpha value is -2.04. The summed E-state index contributed by atoms with van der Waals surface area (Å²) in [7, 11) is 0. The summed E-state index contributed by atoms with van der Waals surface area (Å²) in [5.41, 5.74) is 2.11. The van der Waals surface area contributed by atoms with E-state index < -0.39 is 17.9 Å². The molecule has 0 atom stereocenters. The summed E-state index contributed by atoms with van der Waals surface area (Å²) < 4.78 is 9.85. The van der Waals surface area contributed by atoms with Gasteiger partial charge in [0.25, 0.3) is 0 Å². The van der Waals surface area contributed by atoms with E-state index in [0.29, 0.717) is 13.0 Å². The first kappa shape index (κ1) is 17.0. The number of carbonyl (C=O) groups excluding carboxylic acids is 2. The van der Waals surface area contributed by atoms with Crippen molar-refractivity contribution in [1.82, 2.24) is 0 Å². The van der Waals surface area contributed by atoms with Crippen LogP contribution in [0.2, 0.25) is 0 Å². The third-order valence-corrected chi connectivity index (χ3v) is 2.92. The molecule has 0 saturated carbocycles. The van der Waals surface area contributed by atoms with Crippen LogP contribution in [0.25, 0.3) is 0 Å². The van der Waals surface area contributed by atoms with Crippen LogP contribution < -0.4 is 5.32 Å².